The van der Waals surface area contributed by atoms with Gasteiger partial charge in [0, 0.05) is 20.1 Å². The average molecular weight is 200 g/mol. The highest BCUT2D eigenvalue weighted by molar-refractivity contribution is 5.67. The summed E-state index contributed by atoms with van der Waals surface area (Å²) >= 11 is 0. The zero-order chi connectivity index (χ0) is 10.4. The molecule has 1 aliphatic heterocycles. The number of nitrogens with zero attached hydrogens (tertiary/aromatic N) is 2. The van der Waals surface area contributed by atoms with Crippen LogP contribution in [-0.4, -0.2) is 55.7 Å². The van der Waals surface area contributed by atoms with Crippen LogP contribution >= 0.6 is 0 Å². The summed E-state index contributed by atoms with van der Waals surface area (Å²) in [6.45, 7) is 6.36. The van der Waals surface area contributed by atoms with Crippen molar-refractivity contribution < 1.29 is 9.53 Å². The number of likely N-dealkylation sites (N-methyl/N-ethyl adjacent to an activating group) is 1. The summed E-state index contributed by atoms with van der Waals surface area (Å²) in [5.74, 6) is 0. The van der Waals surface area contributed by atoms with Crippen LogP contribution in [0.3, 0.4) is 0 Å². The van der Waals surface area contributed by atoms with Crippen molar-refractivity contribution in [2.75, 3.05) is 39.8 Å². The van der Waals surface area contributed by atoms with E-state index in [2.05, 4.69) is 4.90 Å². The Hall–Kier alpha value is -0.770. The Bertz CT molecular complexity index is 179. The summed E-state index contributed by atoms with van der Waals surface area (Å²) in [4.78, 5) is 15.3. The normalized spacial score (nSPS) is 17.0. The van der Waals surface area contributed by atoms with Gasteiger partial charge in [-0.15, -0.1) is 0 Å². The van der Waals surface area contributed by atoms with Crippen LogP contribution in [-0.2, 0) is 4.74 Å². The van der Waals surface area contributed by atoms with Crippen molar-refractivity contribution >= 4 is 6.09 Å². The van der Waals surface area contributed by atoms with E-state index < -0.39 is 0 Å². The predicted octanol–water partition coefficient (Wildman–Crippen LogP) is 1.17. The molecule has 0 unspecified atom stereocenters. The molecular formula is C10H20N2O2. The molecule has 4 nitrogen and oxygen atoms in total. The van der Waals surface area contributed by atoms with Gasteiger partial charge in [0.1, 0.15) is 0 Å². The van der Waals surface area contributed by atoms with E-state index in [-0.39, 0.29) is 6.09 Å². The van der Waals surface area contributed by atoms with Gasteiger partial charge in [0.25, 0.3) is 0 Å². The number of hydrogen-bond acceptors (Lipinski definition) is 3. The second kappa shape index (κ2) is 5.86. The molecule has 14 heavy (non-hydrogen) atoms. The summed E-state index contributed by atoms with van der Waals surface area (Å²) in [6, 6.07) is 0. The Balaban J connectivity index is 2.13. The molecule has 1 fully saturated rings. The van der Waals surface area contributed by atoms with Gasteiger partial charge >= 0.3 is 6.09 Å². The lowest BCUT2D eigenvalue weighted by Crippen LogP contribution is -2.35. The van der Waals surface area contributed by atoms with Crippen LogP contribution in [0.15, 0.2) is 0 Å². The third-order valence-electron chi connectivity index (χ3n) is 2.53. The number of hydrogen-bond donors (Lipinski definition) is 0. The smallest absolute Gasteiger partial charge is 0.409 e. The van der Waals surface area contributed by atoms with E-state index in [1.807, 2.05) is 6.92 Å². The summed E-state index contributed by atoms with van der Waals surface area (Å²) < 4.78 is 4.89. The molecule has 1 amide bonds. The van der Waals surface area contributed by atoms with Gasteiger partial charge in [-0.25, -0.2) is 4.79 Å². The van der Waals surface area contributed by atoms with Gasteiger partial charge in [-0.2, -0.15) is 0 Å². The highest BCUT2D eigenvalue weighted by atomic mass is 16.5. The van der Waals surface area contributed by atoms with Gasteiger partial charge in [-0.1, -0.05) is 0 Å². The number of ether oxygens (including phenoxy) is 1. The van der Waals surface area contributed by atoms with E-state index in [1.54, 1.807) is 11.9 Å². The Morgan fingerprint density at radius 2 is 2.07 bits per heavy atom. The molecule has 0 aromatic rings. The van der Waals surface area contributed by atoms with Crippen LogP contribution in [0.5, 0.6) is 0 Å². The van der Waals surface area contributed by atoms with Gasteiger partial charge in [0.05, 0.1) is 6.61 Å². The largest absolute Gasteiger partial charge is 0.450 e. The van der Waals surface area contributed by atoms with Crippen LogP contribution in [0.1, 0.15) is 19.8 Å². The van der Waals surface area contributed by atoms with Crippen molar-refractivity contribution in [3.8, 4) is 0 Å². The fraction of sp³-hybridized carbons (Fsp3) is 0.900. The van der Waals surface area contributed by atoms with Crippen LogP contribution < -0.4 is 0 Å². The third-order valence-corrected chi connectivity index (χ3v) is 2.53. The van der Waals surface area contributed by atoms with Crippen LogP contribution in [0, 0.1) is 0 Å². The minimum Gasteiger partial charge on any atom is -0.450 e. The first-order chi connectivity index (χ1) is 6.74. The summed E-state index contributed by atoms with van der Waals surface area (Å²) in [6.07, 6.45) is 2.37. The Kier molecular flexibility index (Phi) is 4.73. The van der Waals surface area contributed by atoms with E-state index in [4.69, 9.17) is 4.74 Å². The summed E-state index contributed by atoms with van der Waals surface area (Å²) in [5.41, 5.74) is 0. The number of carbonyl (C=O) groups is 1. The molecule has 1 heterocycles. The molecule has 0 aromatic heterocycles. The second-order valence-corrected chi connectivity index (χ2v) is 3.67. The van der Waals surface area contributed by atoms with Crippen molar-refractivity contribution in [3.63, 3.8) is 0 Å². The maximum absolute atomic E-state index is 11.2. The fourth-order valence-corrected chi connectivity index (χ4v) is 1.62. The average Bonchev–Trinajstić information content (AvgIpc) is 2.67. The summed E-state index contributed by atoms with van der Waals surface area (Å²) in [5, 5.41) is 0. The monoisotopic (exact) mass is 200 g/mol. The maximum Gasteiger partial charge on any atom is 0.409 e. The molecular weight excluding hydrogens is 180 g/mol. The molecule has 0 saturated carbocycles. The molecule has 82 valence electrons. The van der Waals surface area contributed by atoms with Crippen molar-refractivity contribution in [2.45, 2.75) is 19.8 Å². The van der Waals surface area contributed by atoms with Crippen molar-refractivity contribution in [1.82, 2.24) is 9.80 Å². The number of amides is 1. The number of rotatable bonds is 4. The summed E-state index contributed by atoms with van der Waals surface area (Å²) in [7, 11) is 1.79. The van der Waals surface area contributed by atoms with Gasteiger partial charge in [-0.3, -0.25) is 0 Å². The van der Waals surface area contributed by atoms with Gasteiger partial charge in [-0.05, 0) is 32.9 Å². The zero-order valence-electron chi connectivity index (χ0n) is 9.16. The van der Waals surface area contributed by atoms with Crippen LogP contribution in [0.25, 0.3) is 0 Å². The topological polar surface area (TPSA) is 32.8 Å². The van der Waals surface area contributed by atoms with Gasteiger partial charge < -0.3 is 14.5 Å². The molecule has 4 heteroatoms. The molecule has 1 rings (SSSR count). The minimum atomic E-state index is -0.216. The van der Waals surface area contributed by atoms with Crippen LogP contribution in [0.4, 0.5) is 4.79 Å². The van der Waals surface area contributed by atoms with Crippen molar-refractivity contribution in [1.29, 1.82) is 0 Å². The van der Waals surface area contributed by atoms with E-state index in [9.17, 15) is 4.79 Å². The lowest BCUT2D eigenvalue weighted by molar-refractivity contribution is 0.112. The number of likely N-dealkylation sites (tertiary alicyclic amines) is 1. The molecule has 1 saturated heterocycles. The Labute approximate surface area is 85.8 Å². The lowest BCUT2D eigenvalue weighted by atomic mass is 10.4. The first kappa shape index (κ1) is 11.3. The highest BCUT2D eigenvalue weighted by Crippen LogP contribution is 2.06. The van der Waals surface area contributed by atoms with E-state index >= 15 is 0 Å². The highest BCUT2D eigenvalue weighted by Gasteiger charge is 2.14. The first-order valence-corrected chi connectivity index (χ1v) is 5.34. The molecule has 0 radical (unpaired) electrons. The molecule has 0 spiro atoms. The van der Waals surface area contributed by atoms with Crippen molar-refractivity contribution in [3.05, 3.63) is 0 Å². The molecule has 0 aliphatic carbocycles. The molecule has 0 aromatic carbocycles. The van der Waals surface area contributed by atoms with Gasteiger partial charge in [0.15, 0.2) is 0 Å². The lowest BCUT2D eigenvalue weighted by Gasteiger charge is -2.20. The SMILES string of the molecule is CCOC(=O)N(C)CCN1CCCC1. The third kappa shape index (κ3) is 3.54. The van der Waals surface area contributed by atoms with Crippen LogP contribution in [0.2, 0.25) is 0 Å². The minimum absolute atomic E-state index is 0.216. The Morgan fingerprint density at radius 3 is 2.64 bits per heavy atom. The Morgan fingerprint density at radius 1 is 1.43 bits per heavy atom. The van der Waals surface area contributed by atoms with Crippen molar-refractivity contribution in [2.24, 2.45) is 0 Å². The fourth-order valence-electron chi connectivity index (χ4n) is 1.62. The standard InChI is InChI=1S/C10H20N2O2/c1-3-14-10(13)11(2)8-9-12-6-4-5-7-12/h3-9H2,1-2H3. The number of carbonyl (C=O) groups excluding carboxylic acids is 1. The molecule has 1 aliphatic rings. The van der Waals surface area contributed by atoms with E-state index in [0.717, 1.165) is 13.1 Å². The van der Waals surface area contributed by atoms with E-state index in [0.29, 0.717) is 6.61 Å². The molecule has 0 bridgehead atoms. The maximum atomic E-state index is 11.2. The quantitative estimate of drug-likeness (QED) is 0.683. The second-order valence-electron chi connectivity index (χ2n) is 3.67. The molecule has 0 atom stereocenters. The van der Waals surface area contributed by atoms with E-state index in [1.165, 1.54) is 25.9 Å². The first-order valence-electron chi connectivity index (χ1n) is 5.34. The predicted molar refractivity (Wildman–Crippen MR) is 55.3 cm³/mol. The molecule has 0 N–H and O–H groups in total. The van der Waals surface area contributed by atoms with Gasteiger partial charge in [0.2, 0.25) is 0 Å². The zero-order valence-corrected chi connectivity index (χ0v) is 9.16.